The summed E-state index contributed by atoms with van der Waals surface area (Å²) in [4.78, 5) is 24.5. The standard InChI is InChI=1S/C10H12N2O3/c1-2-7-3-4-9(15-7)12-6-5-8(13)11-10(12)14/h3,5-6,9H,2,4H2,1H3,(H,11,13,14). The molecule has 1 aromatic rings. The Kier molecular flexibility index (Phi) is 2.45. The van der Waals surface area contributed by atoms with E-state index in [4.69, 9.17) is 4.74 Å². The lowest BCUT2D eigenvalue weighted by Gasteiger charge is -2.14. The molecule has 0 radical (unpaired) electrons. The second-order valence-electron chi connectivity index (χ2n) is 3.35. The van der Waals surface area contributed by atoms with Gasteiger partial charge in [0.1, 0.15) is 0 Å². The van der Waals surface area contributed by atoms with Gasteiger partial charge in [-0.2, -0.15) is 0 Å². The lowest BCUT2D eigenvalue weighted by molar-refractivity contribution is 0.0742. The Labute approximate surface area is 86.0 Å². The molecule has 80 valence electrons. The van der Waals surface area contributed by atoms with E-state index in [0.29, 0.717) is 6.42 Å². The van der Waals surface area contributed by atoms with Gasteiger partial charge in [-0.3, -0.25) is 14.3 Å². The molecule has 0 bridgehead atoms. The first-order valence-corrected chi connectivity index (χ1v) is 4.88. The largest absolute Gasteiger partial charge is 0.474 e. The summed E-state index contributed by atoms with van der Waals surface area (Å²) in [5.74, 6) is 0.887. The van der Waals surface area contributed by atoms with E-state index in [1.54, 1.807) is 0 Å². The molecule has 0 amide bonds. The molecule has 1 aromatic heterocycles. The number of rotatable bonds is 2. The van der Waals surface area contributed by atoms with Crippen LogP contribution in [0.25, 0.3) is 0 Å². The average molecular weight is 208 g/mol. The van der Waals surface area contributed by atoms with Crippen LogP contribution in [0.1, 0.15) is 26.0 Å². The van der Waals surface area contributed by atoms with Crippen LogP contribution in [0.2, 0.25) is 0 Å². The fourth-order valence-electron chi connectivity index (χ4n) is 1.56. The summed E-state index contributed by atoms with van der Waals surface area (Å²) in [6.07, 6.45) is 4.58. The van der Waals surface area contributed by atoms with Gasteiger partial charge in [0.15, 0.2) is 6.23 Å². The molecule has 2 rings (SSSR count). The Morgan fingerprint density at radius 2 is 2.40 bits per heavy atom. The lowest BCUT2D eigenvalue weighted by Crippen LogP contribution is -2.31. The highest BCUT2D eigenvalue weighted by molar-refractivity contribution is 5.00. The molecule has 5 heteroatoms. The molecular weight excluding hydrogens is 196 g/mol. The van der Waals surface area contributed by atoms with Crippen molar-refractivity contribution in [2.45, 2.75) is 26.0 Å². The Bertz CT molecular complexity index is 498. The van der Waals surface area contributed by atoms with Gasteiger partial charge >= 0.3 is 5.69 Å². The number of hydrogen-bond donors (Lipinski definition) is 1. The van der Waals surface area contributed by atoms with Gasteiger partial charge in [0, 0.05) is 25.1 Å². The average Bonchev–Trinajstić information content (AvgIpc) is 2.66. The molecular formula is C10H12N2O3. The van der Waals surface area contributed by atoms with E-state index in [1.807, 2.05) is 13.0 Å². The van der Waals surface area contributed by atoms with Gasteiger partial charge in [-0.15, -0.1) is 0 Å². The van der Waals surface area contributed by atoms with Crippen molar-refractivity contribution in [2.24, 2.45) is 0 Å². The summed E-state index contributed by atoms with van der Waals surface area (Å²) in [5, 5.41) is 0. The van der Waals surface area contributed by atoms with Crippen LogP contribution in [0.5, 0.6) is 0 Å². The zero-order chi connectivity index (χ0) is 10.8. The van der Waals surface area contributed by atoms with E-state index >= 15 is 0 Å². The van der Waals surface area contributed by atoms with Crippen LogP contribution in [0.3, 0.4) is 0 Å². The quantitative estimate of drug-likeness (QED) is 0.780. The van der Waals surface area contributed by atoms with E-state index in [1.165, 1.54) is 16.8 Å². The molecule has 0 fully saturated rings. The second kappa shape index (κ2) is 3.76. The third-order valence-corrected chi connectivity index (χ3v) is 2.34. The Morgan fingerprint density at radius 3 is 3.00 bits per heavy atom. The lowest BCUT2D eigenvalue weighted by atomic mass is 10.3. The van der Waals surface area contributed by atoms with Crippen molar-refractivity contribution in [1.82, 2.24) is 9.55 Å². The fraction of sp³-hybridized carbons (Fsp3) is 0.400. The summed E-state index contributed by atoms with van der Waals surface area (Å²) in [5.41, 5.74) is -0.823. The van der Waals surface area contributed by atoms with E-state index < -0.39 is 11.2 Å². The molecule has 1 aliphatic rings. The molecule has 1 aliphatic heterocycles. The predicted octanol–water partition coefficient (Wildman–Crippen LogP) is 0.749. The number of H-pyrrole nitrogens is 1. The number of ether oxygens (including phenoxy) is 1. The van der Waals surface area contributed by atoms with E-state index in [-0.39, 0.29) is 6.23 Å². The molecule has 0 saturated heterocycles. The molecule has 1 atom stereocenters. The highest BCUT2D eigenvalue weighted by atomic mass is 16.5. The molecule has 0 spiro atoms. The highest BCUT2D eigenvalue weighted by Gasteiger charge is 2.19. The highest BCUT2D eigenvalue weighted by Crippen LogP contribution is 2.25. The zero-order valence-corrected chi connectivity index (χ0v) is 8.40. The van der Waals surface area contributed by atoms with Crippen LogP contribution < -0.4 is 11.2 Å². The van der Waals surface area contributed by atoms with E-state index in [0.717, 1.165) is 12.2 Å². The van der Waals surface area contributed by atoms with Crippen LogP contribution in [0.15, 0.2) is 33.7 Å². The van der Waals surface area contributed by atoms with Crippen molar-refractivity contribution < 1.29 is 4.74 Å². The zero-order valence-electron chi connectivity index (χ0n) is 8.40. The molecule has 0 aliphatic carbocycles. The Morgan fingerprint density at radius 1 is 1.60 bits per heavy atom. The molecule has 15 heavy (non-hydrogen) atoms. The van der Waals surface area contributed by atoms with Gasteiger partial charge in [-0.05, 0) is 6.08 Å². The van der Waals surface area contributed by atoms with Gasteiger partial charge in [-0.25, -0.2) is 4.79 Å². The third-order valence-electron chi connectivity index (χ3n) is 2.34. The molecule has 1 N–H and O–H groups in total. The molecule has 0 saturated carbocycles. The summed E-state index contributed by atoms with van der Waals surface area (Å²) >= 11 is 0. The minimum absolute atomic E-state index is 0.315. The van der Waals surface area contributed by atoms with Crippen molar-refractivity contribution in [2.75, 3.05) is 0 Å². The second-order valence-corrected chi connectivity index (χ2v) is 3.35. The topological polar surface area (TPSA) is 64.1 Å². The van der Waals surface area contributed by atoms with Gasteiger partial charge in [0.25, 0.3) is 5.56 Å². The fourth-order valence-corrected chi connectivity index (χ4v) is 1.56. The normalized spacial score (nSPS) is 19.8. The maximum absolute atomic E-state index is 11.4. The molecule has 0 aromatic carbocycles. The minimum Gasteiger partial charge on any atom is -0.474 e. The SMILES string of the molecule is CCC1=CCC(n2ccc(=O)[nH]c2=O)O1. The van der Waals surface area contributed by atoms with Crippen molar-refractivity contribution in [1.29, 1.82) is 0 Å². The van der Waals surface area contributed by atoms with Crippen LogP contribution in [-0.2, 0) is 4.74 Å². The van der Waals surface area contributed by atoms with Crippen molar-refractivity contribution in [3.8, 4) is 0 Å². The predicted molar refractivity (Wildman–Crippen MR) is 54.4 cm³/mol. The van der Waals surface area contributed by atoms with Gasteiger partial charge in [-0.1, -0.05) is 6.92 Å². The summed E-state index contributed by atoms with van der Waals surface area (Å²) in [6, 6.07) is 1.31. The number of aromatic amines is 1. The van der Waals surface area contributed by atoms with E-state index in [2.05, 4.69) is 4.98 Å². The Hall–Kier alpha value is -1.78. The molecule has 2 heterocycles. The van der Waals surface area contributed by atoms with Crippen LogP contribution in [0.4, 0.5) is 0 Å². The summed E-state index contributed by atoms with van der Waals surface area (Å²) < 4.78 is 6.91. The number of allylic oxidation sites excluding steroid dienone is 1. The number of nitrogens with zero attached hydrogens (tertiary/aromatic N) is 1. The maximum atomic E-state index is 11.4. The Balaban J connectivity index is 2.26. The van der Waals surface area contributed by atoms with Crippen LogP contribution in [0, 0.1) is 0 Å². The van der Waals surface area contributed by atoms with Gasteiger partial charge in [0.2, 0.25) is 0 Å². The summed E-state index contributed by atoms with van der Waals surface area (Å²) in [7, 11) is 0. The summed E-state index contributed by atoms with van der Waals surface area (Å²) in [6.45, 7) is 1.99. The van der Waals surface area contributed by atoms with Crippen molar-refractivity contribution in [3.63, 3.8) is 0 Å². The van der Waals surface area contributed by atoms with Crippen LogP contribution in [-0.4, -0.2) is 9.55 Å². The van der Waals surface area contributed by atoms with Crippen molar-refractivity contribution >= 4 is 0 Å². The molecule has 1 unspecified atom stereocenters. The number of hydrogen-bond acceptors (Lipinski definition) is 3. The van der Waals surface area contributed by atoms with Crippen LogP contribution >= 0.6 is 0 Å². The van der Waals surface area contributed by atoms with Gasteiger partial charge < -0.3 is 4.74 Å². The van der Waals surface area contributed by atoms with Gasteiger partial charge in [0.05, 0.1) is 5.76 Å². The first-order chi connectivity index (χ1) is 7.20. The van der Waals surface area contributed by atoms with Crippen molar-refractivity contribution in [3.05, 3.63) is 44.9 Å². The number of nitrogens with one attached hydrogen (secondary N) is 1. The monoisotopic (exact) mass is 208 g/mol. The molecule has 5 nitrogen and oxygen atoms in total. The first kappa shape index (κ1) is 9.76. The first-order valence-electron chi connectivity index (χ1n) is 4.88. The maximum Gasteiger partial charge on any atom is 0.331 e. The van der Waals surface area contributed by atoms with E-state index in [9.17, 15) is 9.59 Å². The third kappa shape index (κ3) is 1.86. The number of aromatic nitrogens is 2. The minimum atomic E-state index is -0.432. The smallest absolute Gasteiger partial charge is 0.331 e.